The van der Waals surface area contributed by atoms with E-state index in [0.717, 1.165) is 19.5 Å². The molecule has 4 heteroatoms. The molecule has 0 aromatic rings. The average molecular weight is 254 g/mol. The zero-order valence-electron chi connectivity index (χ0n) is 12.0. The lowest BCUT2D eigenvalue weighted by molar-refractivity contribution is 0.0183. The molecule has 2 fully saturated rings. The Morgan fingerprint density at radius 1 is 1.44 bits per heavy atom. The monoisotopic (exact) mass is 254 g/mol. The van der Waals surface area contributed by atoms with E-state index in [9.17, 15) is 4.79 Å². The molecule has 1 amide bonds. The number of nitrogens with zero attached hydrogens (tertiary/aromatic N) is 1. The molecular weight excluding hydrogens is 228 g/mol. The quantitative estimate of drug-likeness (QED) is 0.781. The summed E-state index contributed by atoms with van der Waals surface area (Å²) in [6.07, 6.45) is 3.35. The number of amides is 1. The molecule has 2 rings (SSSR count). The maximum atomic E-state index is 12.1. The SMILES string of the molecule is CC[C@H]1C[C@H]2CCN(C(=O)OC(C)(C)C)[C@H]2CN1. The Labute approximate surface area is 110 Å². The van der Waals surface area contributed by atoms with E-state index in [1.54, 1.807) is 0 Å². The fourth-order valence-electron chi connectivity index (χ4n) is 3.06. The zero-order chi connectivity index (χ0) is 13.3. The number of hydrogen-bond donors (Lipinski definition) is 1. The van der Waals surface area contributed by atoms with E-state index >= 15 is 0 Å². The Morgan fingerprint density at radius 2 is 2.17 bits per heavy atom. The van der Waals surface area contributed by atoms with Crippen molar-refractivity contribution in [2.75, 3.05) is 13.1 Å². The van der Waals surface area contributed by atoms with E-state index in [2.05, 4.69) is 12.2 Å². The summed E-state index contributed by atoms with van der Waals surface area (Å²) in [6, 6.07) is 0.965. The van der Waals surface area contributed by atoms with Crippen LogP contribution in [0.15, 0.2) is 0 Å². The molecule has 0 aromatic carbocycles. The summed E-state index contributed by atoms with van der Waals surface area (Å²) in [5, 5.41) is 3.54. The molecule has 0 aliphatic carbocycles. The molecule has 18 heavy (non-hydrogen) atoms. The van der Waals surface area contributed by atoms with Crippen LogP contribution in [0.5, 0.6) is 0 Å². The van der Waals surface area contributed by atoms with Crippen molar-refractivity contribution in [2.45, 2.75) is 64.6 Å². The number of nitrogens with one attached hydrogen (secondary N) is 1. The maximum Gasteiger partial charge on any atom is 0.410 e. The normalized spacial score (nSPS) is 32.2. The topological polar surface area (TPSA) is 41.6 Å². The van der Waals surface area contributed by atoms with Gasteiger partial charge in [-0.05, 0) is 46.0 Å². The van der Waals surface area contributed by atoms with Crippen molar-refractivity contribution in [1.82, 2.24) is 10.2 Å². The van der Waals surface area contributed by atoms with Crippen LogP contribution in [0.3, 0.4) is 0 Å². The molecule has 104 valence electrons. The van der Waals surface area contributed by atoms with Crippen LogP contribution in [0.4, 0.5) is 4.79 Å². The Hall–Kier alpha value is -0.770. The Bertz CT molecular complexity index is 311. The van der Waals surface area contributed by atoms with Crippen molar-refractivity contribution in [3.05, 3.63) is 0 Å². The van der Waals surface area contributed by atoms with Crippen LogP contribution >= 0.6 is 0 Å². The molecule has 0 saturated carbocycles. The van der Waals surface area contributed by atoms with E-state index in [0.29, 0.717) is 18.0 Å². The molecule has 0 aromatic heterocycles. The van der Waals surface area contributed by atoms with Gasteiger partial charge in [-0.15, -0.1) is 0 Å². The number of carbonyl (C=O) groups excluding carboxylic acids is 1. The predicted octanol–water partition coefficient (Wildman–Crippen LogP) is 2.38. The molecule has 2 heterocycles. The number of fused-ring (bicyclic) bond motifs is 1. The number of hydrogen-bond acceptors (Lipinski definition) is 3. The van der Waals surface area contributed by atoms with Gasteiger partial charge in [-0.1, -0.05) is 6.92 Å². The molecule has 2 aliphatic rings. The van der Waals surface area contributed by atoms with Crippen LogP contribution in [0.2, 0.25) is 0 Å². The molecule has 1 N–H and O–H groups in total. The lowest BCUT2D eigenvalue weighted by Crippen LogP contribution is -2.52. The summed E-state index contributed by atoms with van der Waals surface area (Å²) in [6.45, 7) is 9.75. The largest absolute Gasteiger partial charge is 0.444 e. The summed E-state index contributed by atoms with van der Waals surface area (Å²) < 4.78 is 5.48. The van der Waals surface area contributed by atoms with Crippen molar-refractivity contribution in [3.8, 4) is 0 Å². The first-order chi connectivity index (χ1) is 8.40. The van der Waals surface area contributed by atoms with E-state index < -0.39 is 5.60 Å². The highest BCUT2D eigenvalue weighted by atomic mass is 16.6. The summed E-state index contributed by atoms with van der Waals surface area (Å²) >= 11 is 0. The Balaban J connectivity index is 1.95. The number of carbonyl (C=O) groups is 1. The van der Waals surface area contributed by atoms with Gasteiger partial charge >= 0.3 is 6.09 Å². The lowest BCUT2D eigenvalue weighted by Gasteiger charge is -2.36. The fraction of sp³-hybridized carbons (Fsp3) is 0.929. The van der Waals surface area contributed by atoms with Gasteiger partial charge in [0.1, 0.15) is 5.60 Å². The third-order valence-electron chi connectivity index (χ3n) is 4.01. The van der Waals surface area contributed by atoms with Gasteiger partial charge in [0.2, 0.25) is 0 Å². The standard InChI is InChI=1S/C14H26N2O2/c1-5-11-8-10-6-7-16(12(10)9-15-11)13(17)18-14(2,3)4/h10-12,15H,5-9H2,1-4H3/t10-,11+,12+/m1/s1. The average Bonchev–Trinajstić information content (AvgIpc) is 2.69. The molecule has 0 radical (unpaired) electrons. The highest BCUT2D eigenvalue weighted by Gasteiger charge is 2.41. The third-order valence-corrected chi connectivity index (χ3v) is 4.01. The molecule has 2 aliphatic heterocycles. The zero-order valence-corrected chi connectivity index (χ0v) is 12.0. The first-order valence-corrected chi connectivity index (χ1v) is 7.13. The lowest BCUT2D eigenvalue weighted by atomic mass is 9.88. The Kier molecular flexibility index (Phi) is 3.85. The second kappa shape index (κ2) is 5.08. The van der Waals surface area contributed by atoms with Gasteiger partial charge in [0.15, 0.2) is 0 Å². The van der Waals surface area contributed by atoms with Crippen LogP contribution in [-0.2, 0) is 4.74 Å². The first kappa shape index (κ1) is 13.7. The maximum absolute atomic E-state index is 12.1. The van der Waals surface area contributed by atoms with Gasteiger partial charge in [-0.2, -0.15) is 0 Å². The highest BCUT2D eigenvalue weighted by molar-refractivity contribution is 5.69. The van der Waals surface area contributed by atoms with Crippen molar-refractivity contribution < 1.29 is 9.53 Å². The first-order valence-electron chi connectivity index (χ1n) is 7.13. The van der Waals surface area contributed by atoms with E-state index in [1.165, 1.54) is 12.8 Å². The fourth-order valence-corrected chi connectivity index (χ4v) is 3.06. The van der Waals surface area contributed by atoms with Crippen LogP contribution in [-0.4, -0.2) is 41.8 Å². The van der Waals surface area contributed by atoms with Crippen molar-refractivity contribution in [2.24, 2.45) is 5.92 Å². The van der Waals surface area contributed by atoms with E-state index in [-0.39, 0.29) is 6.09 Å². The minimum atomic E-state index is -0.400. The van der Waals surface area contributed by atoms with Crippen LogP contribution < -0.4 is 5.32 Å². The number of rotatable bonds is 1. The second-order valence-corrected chi connectivity index (χ2v) is 6.54. The predicted molar refractivity (Wildman–Crippen MR) is 71.5 cm³/mol. The van der Waals surface area contributed by atoms with Gasteiger partial charge in [-0.3, -0.25) is 0 Å². The third kappa shape index (κ3) is 2.97. The Morgan fingerprint density at radius 3 is 2.78 bits per heavy atom. The number of ether oxygens (including phenoxy) is 1. The number of likely N-dealkylation sites (tertiary alicyclic amines) is 1. The number of piperidine rings is 1. The molecule has 0 bridgehead atoms. The minimum Gasteiger partial charge on any atom is -0.444 e. The molecular formula is C14H26N2O2. The van der Waals surface area contributed by atoms with E-state index in [4.69, 9.17) is 4.74 Å². The summed E-state index contributed by atoms with van der Waals surface area (Å²) in [5.74, 6) is 0.656. The van der Waals surface area contributed by atoms with Gasteiger partial charge in [0.25, 0.3) is 0 Å². The van der Waals surface area contributed by atoms with E-state index in [1.807, 2.05) is 25.7 Å². The van der Waals surface area contributed by atoms with Crippen LogP contribution in [0.25, 0.3) is 0 Å². The summed E-state index contributed by atoms with van der Waals surface area (Å²) in [5.41, 5.74) is -0.400. The molecule has 3 atom stereocenters. The minimum absolute atomic E-state index is 0.147. The van der Waals surface area contributed by atoms with Gasteiger partial charge in [0.05, 0.1) is 6.04 Å². The second-order valence-electron chi connectivity index (χ2n) is 6.54. The van der Waals surface area contributed by atoms with Crippen LogP contribution in [0, 0.1) is 5.92 Å². The summed E-state index contributed by atoms with van der Waals surface area (Å²) in [4.78, 5) is 14.1. The van der Waals surface area contributed by atoms with Crippen LogP contribution in [0.1, 0.15) is 47.0 Å². The van der Waals surface area contributed by atoms with Gasteiger partial charge < -0.3 is 15.0 Å². The summed E-state index contributed by atoms with van der Waals surface area (Å²) in [7, 11) is 0. The molecule has 0 unspecified atom stereocenters. The highest BCUT2D eigenvalue weighted by Crippen LogP contribution is 2.32. The van der Waals surface area contributed by atoms with Crippen molar-refractivity contribution in [3.63, 3.8) is 0 Å². The molecule has 2 saturated heterocycles. The van der Waals surface area contributed by atoms with Crippen molar-refractivity contribution in [1.29, 1.82) is 0 Å². The smallest absolute Gasteiger partial charge is 0.410 e. The molecule has 4 nitrogen and oxygen atoms in total. The van der Waals surface area contributed by atoms with Gasteiger partial charge in [-0.25, -0.2) is 4.79 Å². The van der Waals surface area contributed by atoms with Crippen molar-refractivity contribution >= 4 is 6.09 Å². The molecule has 0 spiro atoms. The van der Waals surface area contributed by atoms with Gasteiger partial charge in [0, 0.05) is 19.1 Å².